The van der Waals surface area contributed by atoms with Crippen molar-refractivity contribution < 1.29 is 22.8 Å². The third-order valence-corrected chi connectivity index (χ3v) is 5.78. The van der Waals surface area contributed by atoms with E-state index in [-0.39, 0.29) is 10.5 Å². The number of primary sulfonamides is 1. The zero-order valence-electron chi connectivity index (χ0n) is 14.2. The van der Waals surface area contributed by atoms with Crippen molar-refractivity contribution in [1.29, 1.82) is 0 Å². The molecule has 1 heterocycles. The number of hydrogen-bond donors (Lipinski definition) is 3. The maximum absolute atomic E-state index is 12.7. The Morgan fingerprint density at radius 1 is 1.23 bits per heavy atom. The standard InChI is InChI=1S/C16H20N4O5S/c1-10-5-6-11(26(17,24)25)9-12(10)13(21)19-20-14(22)16(18-15(20)23)7-3-2-4-8-16/h5-6,9H,2-4,7-8H2,1H3,(H,18,23)(H,19,21)(H2,17,24,25). The molecular weight excluding hydrogens is 360 g/mol. The number of nitrogens with one attached hydrogen (secondary N) is 2. The van der Waals surface area contributed by atoms with Gasteiger partial charge in [0.1, 0.15) is 5.54 Å². The molecule has 0 radical (unpaired) electrons. The first-order valence-electron chi connectivity index (χ1n) is 8.25. The van der Waals surface area contributed by atoms with E-state index in [1.54, 1.807) is 6.92 Å². The molecule has 1 aliphatic carbocycles. The first-order valence-corrected chi connectivity index (χ1v) is 9.80. The van der Waals surface area contributed by atoms with Crippen LogP contribution in [-0.4, -0.2) is 36.8 Å². The van der Waals surface area contributed by atoms with Crippen molar-refractivity contribution >= 4 is 27.9 Å². The van der Waals surface area contributed by atoms with Crippen LogP contribution in [0.5, 0.6) is 0 Å². The van der Waals surface area contributed by atoms with Gasteiger partial charge in [0.15, 0.2) is 0 Å². The maximum Gasteiger partial charge on any atom is 0.344 e. The Morgan fingerprint density at radius 3 is 2.50 bits per heavy atom. The summed E-state index contributed by atoms with van der Waals surface area (Å²) in [5.41, 5.74) is 1.82. The molecular formula is C16H20N4O5S. The highest BCUT2D eigenvalue weighted by Gasteiger charge is 2.52. The molecule has 0 unspecified atom stereocenters. The Balaban J connectivity index is 1.84. The lowest BCUT2D eigenvalue weighted by molar-refractivity contribution is -0.134. The van der Waals surface area contributed by atoms with E-state index < -0.39 is 33.4 Å². The van der Waals surface area contributed by atoms with E-state index in [1.807, 2.05) is 0 Å². The van der Waals surface area contributed by atoms with Gasteiger partial charge in [0.2, 0.25) is 10.0 Å². The second-order valence-corrected chi connectivity index (χ2v) is 8.24. The minimum Gasteiger partial charge on any atom is -0.322 e. The van der Waals surface area contributed by atoms with Gasteiger partial charge in [0.05, 0.1) is 4.90 Å². The monoisotopic (exact) mass is 380 g/mol. The Bertz CT molecular complexity index is 890. The average Bonchev–Trinajstić information content (AvgIpc) is 2.79. The fraction of sp³-hybridized carbons (Fsp3) is 0.438. The number of aryl methyl sites for hydroxylation is 1. The van der Waals surface area contributed by atoms with Gasteiger partial charge >= 0.3 is 6.03 Å². The number of hydrazine groups is 1. The van der Waals surface area contributed by atoms with Crippen LogP contribution in [0.2, 0.25) is 0 Å². The van der Waals surface area contributed by atoms with E-state index in [2.05, 4.69) is 10.7 Å². The number of carbonyl (C=O) groups excluding carboxylic acids is 3. The SMILES string of the molecule is Cc1ccc(S(N)(=O)=O)cc1C(=O)NN1C(=O)NC2(CCCCC2)C1=O. The normalized spacial score (nSPS) is 19.5. The van der Waals surface area contributed by atoms with Crippen molar-refractivity contribution in [2.45, 2.75) is 49.5 Å². The van der Waals surface area contributed by atoms with Gasteiger partial charge in [-0.05, 0) is 37.5 Å². The van der Waals surface area contributed by atoms with E-state index in [9.17, 15) is 22.8 Å². The summed E-state index contributed by atoms with van der Waals surface area (Å²) < 4.78 is 23.0. The smallest absolute Gasteiger partial charge is 0.322 e. The van der Waals surface area contributed by atoms with E-state index in [0.717, 1.165) is 25.3 Å². The van der Waals surface area contributed by atoms with Gasteiger partial charge in [-0.1, -0.05) is 25.3 Å². The lowest BCUT2D eigenvalue weighted by Gasteiger charge is -2.30. The first kappa shape index (κ1) is 18.3. The number of amides is 4. The van der Waals surface area contributed by atoms with Gasteiger partial charge in [-0.2, -0.15) is 5.01 Å². The molecule has 2 aliphatic rings. The molecule has 140 valence electrons. The van der Waals surface area contributed by atoms with E-state index in [4.69, 9.17) is 5.14 Å². The van der Waals surface area contributed by atoms with Crippen LogP contribution in [-0.2, 0) is 14.8 Å². The van der Waals surface area contributed by atoms with Crippen LogP contribution in [0.3, 0.4) is 0 Å². The number of carbonyl (C=O) groups is 3. The predicted molar refractivity (Wildman–Crippen MR) is 91.2 cm³/mol. The summed E-state index contributed by atoms with van der Waals surface area (Å²) in [6.45, 7) is 1.61. The van der Waals surface area contributed by atoms with Crippen molar-refractivity contribution in [1.82, 2.24) is 15.8 Å². The molecule has 10 heteroatoms. The summed E-state index contributed by atoms with van der Waals surface area (Å²) in [6.07, 6.45) is 3.71. The van der Waals surface area contributed by atoms with Gasteiger partial charge in [-0.15, -0.1) is 0 Å². The quantitative estimate of drug-likeness (QED) is 0.657. The fourth-order valence-corrected chi connectivity index (χ4v) is 3.94. The minimum absolute atomic E-state index is 0.0155. The van der Waals surface area contributed by atoms with Crippen molar-refractivity contribution in [2.24, 2.45) is 5.14 Å². The largest absolute Gasteiger partial charge is 0.344 e. The zero-order chi connectivity index (χ0) is 19.1. The molecule has 1 aromatic carbocycles. The lowest BCUT2D eigenvalue weighted by atomic mass is 9.82. The molecule has 0 aromatic heterocycles. The van der Waals surface area contributed by atoms with Gasteiger partial charge in [0, 0.05) is 5.56 Å². The van der Waals surface area contributed by atoms with E-state index in [0.29, 0.717) is 23.4 Å². The zero-order valence-corrected chi connectivity index (χ0v) is 15.1. The van der Waals surface area contributed by atoms with E-state index in [1.165, 1.54) is 12.1 Å². The van der Waals surface area contributed by atoms with Crippen molar-refractivity contribution in [2.75, 3.05) is 0 Å². The maximum atomic E-state index is 12.7. The molecule has 1 aromatic rings. The number of hydrogen-bond acceptors (Lipinski definition) is 5. The molecule has 1 spiro atoms. The Hall–Kier alpha value is -2.46. The highest BCUT2D eigenvalue weighted by atomic mass is 32.2. The third-order valence-electron chi connectivity index (χ3n) is 4.86. The molecule has 9 nitrogen and oxygen atoms in total. The number of rotatable bonds is 3. The summed E-state index contributed by atoms with van der Waals surface area (Å²) in [4.78, 5) is 37.2. The van der Waals surface area contributed by atoms with Crippen LogP contribution in [0.4, 0.5) is 4.79 Å². The Labute approximate surface area is 150 Å². The van der Waals surface area contributed by atoms with Crippen LogP contribution in [0.15, 0.2) is 23.1 Å². The van der Waals surface area contributed by atoms with Crippen LogP contribution < -0.4 is 15.9 Å². The summed E-state index contributed by atoms with van der Waals surface area (Å²) in [7, 11) is -3.99. The second kappa shape index (κ2) is 6.36. The lowest BCUT2D eigenvalue weighted by Crippen LogP contribution is -2.51. The van der Waals surface area contributed by atoms with Crippen molar-refractivity contribution in [3.63, 3.8) is 0 Å². The molecule has 0 bridgehead atoms. The molecule has 3 rings (SSSR count). The highest BCUT2D eigenvalue weighted by molar-refractivity contribution is 7.89. The van der Waals surface area contributed by atoms with Crippen LogP contribution in [0.25, 0.3) is 0 Å². The van der Waals surface area contributed by atoms with Gasteiger partial charge < -0.3 is 5.32 Å². The predicted octanol–water partition coefficient (Wildman–Crippen LogP) is 0.542. The van der Waals surface area contributed by atoms with E-state index >= 15 is 0 Å². The molecule has 4 N–H and O–H groups in total. The van der Waals surface area contributed by atoms with Gasteiger partial charge in [-0.25, -0.2) is 18.4 Å². The molecule has 2 fully saturated rings. The molecule has 4 amide bonds. The Morgan fingerprint density at radius 2 is 1.88 bits per heavy atom. The molecule has 26 heavy (non-hydrogen) atoms. The Kier molecular flexibility index (Phi) is 4.49. The number of sulfonamides is 1. The number of benzene rings is 1. The van der Waals surface area contributed by atoms with Gasteiger partial charge in [-0.3, -0.25) is 15.0 Å². The number of urea groups is 1. The summed E-state index contributed by atoms with van der Waals surface area (Å²) >= 11 is 0. The topological polar surface area (TPSA) is 139 Å². The molecule has 0 atom stereocenters. The second-order valence-electron chi connectivity index (χ2n) is 6.68. The summed E-state index contributed by atoms with van der Waals surface area (Å²) in [6, 6.07) is 3.15. The van der Waals surface area contributed by atoms with Crippen LogP contribution in [0.1, 0.15) is 48.0 Å². The van der Waals surface area contributed by atoms with Crippen LogP contribution in [0, 0.1) is 6.92 Å². The molecule has 1 saturated carbocycles. The van der Waals surface area contributed by atoms with Crippen LogP contribution >= 0.6 is 0 Å². The van der Waals surface area contributed by atoms with Gasteiger partial charge in [0.25, 0.3) is 11.8 Å². The number of nitrogens with two attached hydrogens (primary N) is 1. The van der Waals surface area contributed by atoms with Crippen molar-refractivity contribution in [3.05, 3.63) is 29.3 Å². The third kappa shape index (κ3) is 3.17. The highest BCUT2D eigenvalue weighted by Crippen LogP contribution is 2.33. The average molecular weight is 380 g/mol. The molecule has 1 aliphatic heterocycles. The minimum atomic E-state index is -3.99. The fourth-order valence-electron chi connectivity index (χ4n) is 3.40. The number of nitrogens with zero attached hydrogens (tertiary/aromatic N) is 1. The first-order chi connectivity index (χ1) is 12.1. The summed E-state index contributed by atoms with van der Waals surface area (Å²) in [5, 5.41) is 8.45. The summed E-state index contributed by atoms with van der Waals surface area (Å²) in [5.74, 6) is -1.25. The molecule has 1 saturated heterocycles. The number of imide groups is 1. The van der Waals surface area contributed by atoms with Crippen molar-refractivity contribution in [3.8, 4) is 0 Å².